The molecular formula is C12H22CoI2N2-2. The third-order valence-corrected chi connectivity index (χ3v) is 3.50. The van der Waals surface area contributed by atoms with E-state index in [4.69, 9.17) is 0 Å². The van der Waals surface area contributed by atoms with E-state index in [-0.39, 0.29) is 0 Å². The van der Waals surface area contributed by atoms with Gasteiger partial charge in [0.1, 0.15) is 0 Å². The van der Waals surface area contributed by atoms with Crippen LogP contribution in [0.25, 0.3) is 10.6 Å². The Labute approximate surface area is 135 Å². The van der Waals surface area contributed by atoms with Crippen LogP contribution in [0.1, 0.15) is 51.4 Å². The molecular weight excluding hydrogens is 485 g/mol. The normalized spacial score (nSPS) is 29.5. The van der Waals surface area contributed by atoms with Crippen LogP contribution in [-0.4, -0.2) is 25.2 Å². The fourth-order valence-electron chi connectivity index (χ4n) is 2.57. The predicted octanol–water partition coefficient (Wildman–Crippen LogP) is 5.39. The van der Waals surface area contributed by atoms with Gasteiger partial charge in [-0.2, -0.15) is 0 Å². The molecule has 2 unspecified atom stereocenters. The number of hydrogen-bond acceptors (Lipinski definition) is 0. The Morgan fingerprint density at radius 3 is 1.53 bits per heavy atom. The second kappa shape index (κ2) is 11.7. The monoisotopic (exact) mass is 507 g/mol. The van der Waals surface area contributed by atoms with Gasteiger partial charge in [-0.25, -0.2) is 0 Å². The topological polar surface area (TPSA) is 28.2 Å². The van der Waals surface area contributed by atoms with Crippen LogP contribution < -0.4 is 0 Å². The first-order valence-electron chi connectivity index (χ1n) is 6.53. The third kappa shape index (κ3) is 8.62. The van der Waals surface area contributed by atoms with E-state index in [1.54, 1.807) is 0 Å². The first-order valence-corrected chi connectivity index (χ1v) is 13.3. The van der Waals surface area contributed by atoms with Gasteiger partial charge < -0.3 is 10.6 Å². The van der Waals surface area contributed by atoms with Gasteiger partial charge in [0.15, 0.2) is 0 Å². The molecule has 2 nitrogen and oxygen atoms in total. The zero-order valence-corrected chi connectivity index (χ0v) is 15.6. The molecule has 0 aromatic rings. The minimum atomic E-state index is 0.681. The summed E-state index contributed by atoms with van der Waals surface area (Å²) in [6.45, 7) is 2.24. The van der Waals surface area contributed by atoms with Crippen molar-refractivity contribution in [3.05, 3.63) is 10.6 Å². The molecule has 0 N–H and O–H groups in total. The fourth-order valence-corrected chi connectivity index (χ4v) is 2.57. The summed E-state index contributed by atoms with van der Waals surface area (Å²) in [6, 6.07) is 1.36. The Balaban J connectivity index is 0.000000437. The summed E-state index contributed by atoms with van der Waals surface area (Å²) in [5, 5.41) is 9.34. The average molecular weight is 507 g/mol. The van der Waals surface area contributed by atoms with Gasteiger partial charge in [0.05, 0.1) is 0 Å². The van der Waals surface area contributed by atoms with Gasteiger partial charge in [-0.15, -0.1) is 25.2 Å². The van der Waals surface area contributed by atoms with Crippen LogP contribution in [0.4, 0.5) is 0 Å². The van der Waals surface area contributed by atoms with Crippen molar-refractivity contribution < 1.29 is 8.26 Å². The molecule has 2 rings (SSSR count). The number of halogens is 2. The number of rotatable bonds is 3. The van der Waals surface area contributed by atoms with Crippen molar-refractivity contribution in [1.82, 2.24) is 0 Å². The van der Waals surface area contributed by atoms with Crippen molar-refractivity contribution in [3.8, 4) is 0 Å². The number of piperidine rings is 2. The third-order valence-electron chi connectivity index (χ3n) is 3.50. The van der Waals surface area contributed by atoms with Crippen molar-refractivity contribution in [2.24, 2.45) is 0 Å². The van der Waals surface area contributed by atoms with E-state index in [1.807, 2.05) is 0 Å². The van der Waals surface area contributed by atoms with Crippen molar-refractivity contribution in [1.29, 1.82) is 0 Å². The quantitative estimate of drug-likeness (QED) is 0.459. The van der Waals surface area contributed by atoms with Crippen molar-refractivity contribution in [2.45, 2.75) is 63.5 Å². The number of nitrogens with zero attached hydrogens (tertiary/aromatic N) is 2. The molecule has 5 heteroatoms. The van der Waals surface area contributed by atoms with E-state index in [0.717, 1.165) is 13.1 Å². The molecule has 2 aliphatic heterocycles. The van der Waals surface area contributed by atoms with E-state index in [1.165, 1.54) is 59.6 Å². The Bertz CT molecular complexity index is 154. The molecule has 2 fully saturated rings. The molecule has 0 spiro atoms. The van der Waals surface area contributed by atoms with Crippen LogP contribution in [0.15, 0.2) is 0 Å². The fraction of sp³-hybridized carbons (Fsp3) is 1.00. The Hall–Kier alpha value is 1.89. The SMILES string of the molecule is C1CCC(CCC2CCCC[N-]2)[N-]C1.[I][Co][I]. The van der Waals surface area contributed by atoms with Crippen molar-refractivity contribution >= 4 is 40.8 Å². The van der Waals surface area contributed by atoms with Crippen LogP contribution in [0.5, 0.6) is 0 Å². The van der Waals surface area contributed by atoms with Crippen molar-refractivity contribution in [2.75, 3.05) is 13.1 Å². The van der Waals surface area contributed by atoms with Crippen LogP contribution in [0, 0.1) is 0 Å². The van der Waals surface area contributed by atoms with Gasteiger partial charge in [-0.3, -0.25) is 0 Å². The molecule has 0 amide bonds. The zero-order valence-electron chi connectivity index (χ0n) is 10.2. The summed E-state index contributed by atoms with van der Waals surface area (Å²) in [6.07, 6.45) is 10.7. The maximum atomic E-state index is 4.67. The molecule has 105 valence electrons. The molecule has 2 aliphatic rings. The van der Waals surface area contributed by atoms with E-state index in [2.05, 4.69) is 51.5 Å². The molecule has 2 saturated heterocycles. The molecule has 0 radical (unpaired) electrons. The van der Waals surface area contributed by atoms with Crippen LogP contribution in [0.3, 0.4) is 0 Å². The summed E-state index contributed by atoms with van der Waals surface area (Å²) >= 11 is 4.49. The van der Waals surface area contributed by atoms with Crippen molar-refractivity contribution in [3.63, 3.8) is 0 Å². The van der Waals surface area contributed by atoms with E-state index in [9.17, 15) is 0 Å². The van der Waals surface area contributed by atoms with Gasteiger partial charge in [-0.05, 0) is 0 Å². The second-order valence-electron chi connectivity index (χ2n) is 4.74. The first-order chi connectivity index (χ1) is 8.36. The van der Waals surface area contributed by atoms with Gasteiger partial charge >= 0.3 is 49.1 Å². The summed E-state index contributed by atoms with van der Waals surface area (Å²) in [7, 11) is 1.38. The summed E-state index contributed by atoms with van der Waals surface area (Å²) in [4.78, 5) is 0. The number of hydrogen-bond donors (Lipinski definition) is 0. The molecule has 0 aliphatic carbocycles. The second-order valence-corrected chi connectivity index (χ2v) is 13.5. The Morgan fingerprint density at radius 1 is 0.824 bits per heavy atom. The predicted molar refractivity (Wildman–Crippen MR) is 89.0 cm³/mol. The summed E-state index contributed by atoms with van der Waals surface area (Å²) < 4.78 is 0. The first kappa shape index (κ1) is 16.9. The van der Waals surface area contributed by atoms with Crippen LogP contribution >= 0.6 is 40.8 Å². The summed E-state index contributed by atoms with van der Waals surface area (Å²) in [5.41, 5.74) is 0. The van der Waals surface area contributed by atoms with E-state index in [0.29, 0.717) is 12.1 Å². The molecule has 0 aromatic heterocycles. The molecule has 0 saturated carbocycles. The van der Waals surface area contributed by atoms with E-state index >= 15 is 0 Å². The molecule has 0 aromatic carbocycles. The van der Waals surface area contributed by atoms with E-state index < -0.39 is 0 Å². The Morgan fingerprint density at radius 2 is 1.24 bits per heavy atom. The molecule has 17 heavy (non-hydrogen) atoms. The van der Waals surface area contributed by atoms with Gasteiger partial charge in [0.2, 0.25) is 0 Å². The standard InChI is InChI=1S/C12H22N2.Co.2HI/c1-3-9-13-11(5-1)7-8-12-6-2-4-10-14-12;;;/h11-12H,1-10H2;;2*1H/q-2;+2;;/p-2. The zero-order chi connectivity index (χ0) is 12.3. The van der Waals surface area contributed by atoms with Gasteiger partial charge in [0.25, 0.3) is 0 Å². The summed E-state index contributed by atoms with van der Waals surface area (Å²) in [5.74, 6) is 0. The molecule has 2 heterocycles. The molecule has 0 bridgehead atoms. The Kier molecular flexibility index (Phi) is 11.6. The molecule has 2 atom stereocenters. The minimum absolute atomic E-state index is 0.681. The maximum absolute atomic E-state index is 4.67. The van der Waals surface area contributed by atoms with Crippen LogP contribution in [0.2, 0.25) is 0 Å². The average Bonchev–Trinajstić information content (AvgIpc) is 2.40. The van der Waals surface area contributed by atoms with Crippen LogP contribution in [-0.2, 0) is 8.26 Å². The van der Waals surface area contributed by atoms with Gasteiger partial charge in [-0.1, -0.05) is 51.4 Å². The van der Waals surface area contributed by atoms with Gasteiger partial charge in [0, 0.05) is 0 Å².